The summed E-state index contributed by atoms with van der Waals surface area (Å²) in [5, 5.41) is 2.90. The van der Waals surface area contributed by atoms with E-state index in [4.69, 9.17) is 0 Å². The van der Waals surface area contributed by atoms with E-state index in [1.807, 2.05) is 24.3 Å². The third-order valence-electron chi connectivity index (χ3n) is 5.92. The second-order valence-corrected chi connectivity index (χ2v) is 7.70. The number of carbonyl (C=O) groups is 2. The van der Waals surface area contributed by atoms with Crippen molar-refractivity contribution in [3.63, 3.8) is 0 Å². The molecule has 1 atom stereocenters. The van der Waals surface area contributed by atoms with E-state index in [1.54, 1.807) is 0 Å². The maximum Gasteiger partial charge on any atom is 0.231 e. The second kappa shape index (κ2) is 5.97. The van der Waals surface area contributed by atoms with E-state index < -0.39 is 0 Å². The number of fused-ring (bicyclic) bond motifs is 2. The second-order valence-electron chi connectivity index (χ2n) is 7.70. The molecule has 132 valence electrons. The van der Waals surface area contributed by atoms with Crippen LogP contribution in [0.15, 0.2) is 48.5 Å². The molecule has 1 fully saturated rings. The summed E-state index contributed by atoms with van der Waals surface area (Å²) in [6.45, 7) is 0. The van der Waals surface area contributed by atoms with Crippen LogP contribution in [0.4, 0.5) is 5.69 Å². The fourth-order valence-corrected chi connectivity index (χ4v) is 4.55. The van der Waals surface area contributed by atoms with Crippen LogP contribution in [0, 0.1) is 0 Å². The summed E-state index contributed by atoms with van der Waals surface area (Å²) in [6.07, 6.45) is 4.27. The minimum Gasteiger partial charge on any atom is -0.336 e. The molecule has 0 spiro atoms. The van der Waals surface area contributed by atoms with Gasteiger partial charge in [-0.15, -0.1) is 0 Å². The molecular weight excluding hydrogens is 324 g/mol. The van der Waals surface area contributed by atoms with Gasteiger partial charge in [-0.2, -0.15) is 0 Å². The van der Waals surface area contributed by atoms with Crippen molar-refractivity contribution < 1.29 is 9.59 Å². The highest BCUT2D eigenvalue weighted by Gasteiger charge is 2.43. The Morgan fingerprint density at radius 3 is 2.23 bits per heavy atom. The molecule has 2 aromatic carbocycles. The monoisotopic (exact) mass is 346 g/mol. The van der Waals surface area contributed by atoms with E-state index in [2.05, 4.69) is 34.5 Å². The van der Waals surface area contributed by atoms with E-state index in [0.717, 1.165) is 36.9 Å². The summed E-state index contributed by atoms with van der Waals surface area (Å²) < 4.78 is 0. The van der Waals surface area contributed by atoms with Gasteiger partial charge in [0.15, 0.2) is 0 Å². The molecule has 1 saturated carbocycles. The molecule has 5 rings (SSSR count). The lowest BCUT2D eigenvalue weighted by Crippen LogP contribution is -2.46. The lowest BCUT2D eigenvalue weighted by Gasteiger charge is -2.34. The van der Waals surface area contributed by atoms with Gasteiger partial charge in [0.1, 0.15) is 0 Å². The van der Waals surface area contributed by atoms with E-state index in [-0.39, 0.29) is 30.2 Å². The van der Waals surface area contributed by atoms with Crippen molar-refractivity contribution in [2.24, 2.45) is 0 Å². The van der Waals surface area contributed by atoms with Crippen LogP contribution >= 0.6 is 0 Å². The molecule has 0 aromatic heterocycles. The molecule has 0 radical (unpaired) electrons. The number of carbonyl (C=O) groups excluding carboxylic acids is 2. The van der Waals surface area contributed by atoms with Gasteiger partial charge in [-0.1, -0.05) is 42.5 Å². The first kappa shape index (κ1) is 15.6. The number of benzene rings is 2. The van der Waals surface area contributed by atoms with Gasteiger partial charge < -0.3 is 10.2 Å². The van der Waals surface area contributed by atoms with Crippen LogP contribution in [0.5, 0.6) is 0 Å². The molecule has 2 aromatic rings. The number of nitrogens with one attached hydrogen (secondary N) is 1. The summed E-state index contributed by atoms with van der Waals surface area (Å²) in [5.41, 5.74) is 4.46. The van der Waals surface area contributed by atoms with Gasteiger partial charge >= 0.3 is 0 Å². The Bertz CT molecular complexity index is 862. The Morgan fingerprint density at radius 1 is 0.885 bits per heavy atom. The first-order valence-corrected chi connectivity index (χ1v) is 9.48. The van der Waals surface area contributed by atoms with Crippen LogP contribution in [-0.2, 0) is 22.4 Å². The number of rotatable bonds is 3. The maximum atomic E-state index is 13.6. The number of anilines is 1. The standard InChI is InChI=1S/C22H22N2O2/c25-21-13-19(18-7-3-4-8-20(18)23-21)22(26)24(16-9-10-16)17-11-14-5-1-2-6-15(14)12-17/h1-8,16-17,19H,9-13H2,(H,23,25)/t19-/m0/s1. The Balaban J connectivity index is 1.46. The molecule has 1 N–H and O–H groups in total. The molecule has 0 unspecified atom stereocenters. The zero-order chi connectivity index (χ0) is 17.7. The van der Waals surface area contributed by atoms with Crippen molar-refractivity contribution in [3.05, 3.63) is 65.2 Å². The fourth-order valence-electron chi connectivity index (χ4n) is 4.55. The first-order chi connectivity index (χ1) is 12.7. The third-order valence-corrected chi connectivity index (χ3v) is 5.92. The van der Waals surface area contributed by atoms with Crippen molar-refractivity contribution >= 4 is 17.5 Å². The predicted molar refractivity (Wildman–Crippen MR) is 99.9 cm³/mol. The number of para-hydroxylation sites is 1. The summed E-state index contributed by atoms with van der Waals surface area (Å²) in [4.78, 5) is 27.9. The number of amides is 2. The van der Waals surface area contributed by atoms with Gasteiger partial charge in [-0.3, -0.25) is 9.59 Å². The highest BCUT2D eigenvalue weighted by Crippen LogP contribution is 2.40. The van der Waals surface area contributed by atoms with Crippen molar-refractivity contribution in [2.75, 3.05) is 5.32 Å². The minimum atomic E-state index is -0.357. The molecule has 2 amide bonds. The highest BCUT2D eigenvalue weighted by atomic mass is 16.2. The average Bonchev–Trinajstić information content (AvgIpc) is 3.38. The van der Waals surface area contributed by atoms with E-state index in [0.29, 0.717) is 6.04 Å². The zero-order valence-electron chi connectivity index (χ0n) is 14.7. The SMILES string of the molecule is O=C1C[C@H](C(=O)N(C2CC2)C2Cc3ccccc3C2)c2ccccc2N1. The number of hydrogen-bond donors (Lipinski definition) is 1. The van der Waals surface area contributed by atoms with Gasteiger partial charge in [0.2, 0.25) is 11.8 Å². The van der Waals surface area contributed by atoms with Gasteiger partial charge in [0.05, 0.1) is 5.92 Å². The lowest BCUT2D eigenvalue weighted by atomic mass is 9.88. The van der Waals surface area contributed by atoms with Crippen LogP contribution in [0.25, 0.3) is 0 Å². The quantitative estimate of drug-likeness (QED) is 0.927. The highest BCUT2D eigenvalue weighted by molar-refractivity contribution is 6.01. The summed E-state index contributed by atoms with van der Waals surface area (Å²) >= 11 is 0. The topological polar surface area (TPSA) is 49.4 Å². The Labute approximate surface area is 153 Å². The van der Waals surface area contributed by atoms with Crippen molar-refractivity contribution in [1.29, 1.82) is 0 Å². The van der Waals surface area contributed by atoms with Gasteiger partial charge in [0.25, 0.3) is 0 Å². The van der Waals surface area contributed by atoms with Gasteiger partial charge in [0, 0.05) is 24.2 Å². The largest absolute Gasteiger partial charge is 0.336 e. The Hall–Kier alpha value is -2.62. The van der Waals surface area contributed by atoms with Crippen LogP contribution < -0.4 is 5.32 Å². The first-order valence-electron chi connectivity index (χ1n) is 9.48. The van der Waals surface area contributed by atoms with E-state index in [9.17, 15) is 9.59 Å². The molecule has 3 aliphatic rings. The van der Waals surface area contributed by atoms with Gasteiger partial charge in [-0.05, 0) is 48.4 Å². The molecule has 1 heterocycles. The van der Waals surface area contributed by atoms with E-state index in [1.165, 1.54) is 11.1 Å². The summed E-state index contributed by atoms with van der Waals surface area (Å²) in [7, 11) is 0. The fraction of sp³-hybridized carbons (Fsp3) is 0.364. The molecular formula is C22H22N2O2. The zero-order valence-corrected chi connectivity index (χ0v) is 14.7. The summed E-state index contributed by atoms with van der Waals surface area (Å²) in [6, 6.07) is 16.8. The molecule has 2 aliphatic carbocycles. The molecule has 4 nitrogen and oxygen atoms in total. The van der Waals surface area contributed by atoms with Crippen molar-refractivity contribution in [2.45, 2.75) is 50.1 Å². The molecule has 26 heavy (non-hydrogen) atoms. The Morgan fingerprint density at radius 2 is 1.54 bits per heavy atom. The predicted octanol–water partition coefficient (Wildman–Crippen LogP) is 3.27. The van der Waals surface area contributed by atoms with Crippen LogP contribution in [0.2, 0.25) is 0 Å². The smallest absolute Gasteiger partial charge is 0.231 e. The van der Waals surface area contributed by atoms with Crippen LogP contribution in [0.3, 0.4) is 0 Å². The van der Waals surface area contributed by atoms with Crippen molar-refractivity contribution in [1.82, 2.24) is 4.90 Å². The molecule has 4 heteroatoms. The van der Waals surface area contributed by atoms with Crippen LogP contribution in [-0.4, -0.2) is 28.8 Å². The number of nitrogens with zero attached hydrogens (tertiary/aromatic N) is 1. The maximum absolute atomic E-state index is 13.6. The molecule has 0 bridgehead atoms. The lowest BCUT2D eigenvalue weighted by molar-refractivity contribution is -0.137. The summed E-state index contributed by atoms with van der Waals surface area (Å²) in [5.74, 6) is -0.288. The average molecular weight is 346 g/mol. The molecule has 1 aliphatic heterocycles. The Kier molecular flexibility index (Phi) is 3.59. The third kappa shape index (κ3) is 2.61. The van der Waals surface area contributed by atoms with Crippen molar-refractivity contribution in [3.8, 4) is 0 Å². The number of hydrogen-bond acceptors (Lipinski definition) is 2. The van der Waals surface area contributed by atoms with E-state index >= 15 is 0 Å². The molecule has 0 saturated heterocycles. The normalized spacial score (nSPS) is 21.7. The van der Waals surface area contributed by atoms with Crippen LogP contribution in [0.1, 0.15) is 41.9 Å². The van der Waals surface area contributed by atoms with Gasteiger partial charge in [-0.25, -0.2) is 0 Å². The minimum absolute atomic E-state index is 0.0625.